The van der Waals surface area contributed by atoms with E-state index in [0.717, 1.165) is 32.1 Å². The van der Waals surface area contributed by atoms with E-state index in [0.29, 0.717) is 24.9 Å². The highest BCUT2D eigenvalue weighted by Crippen LogP contribution is 2.60. The number of rotatable bonds is 0. The molecule has 0 radical (unpaired) electrons. The monoisotopic (exact) mass is 290 g/mol. The van der Waals surface area contributed by atoms with Gasteiger partial charge in [-0.2, -0.15) is 0 Å². The van der Waals surface area contributed by atoms with Crippen LogP contribution in [0, 0.1) is 22.7 Å². The van der Waals surface area contributed by atoms with Gasteiger partial charge in [-0.15, -0.1) is 0 Å². The van der Waals surface area contributed by atoms with E-state index in [1.165, 1.54) is 5.57 Å². The number of ether oxygens (including phenoxy) is 1. The van der Waals surface area contributed by atoms with Crippen molar-refractivity contribution < 1.29 is 14.6 Å². The minimum atomic E-state index is -0.207. The maximum atomic E-state index is 11.7. The zero-order valence-corrected chi connectivity index (χ0v) is 13.1. The number of hydrogen-bond acceptors (Lipinski definition) is 3. The summed E-state index contributed by atoms with van der Waals surface area (Å²) in [6.45, 7) is 5.19. The Morgan fingerprint density at radius 1 is 1.24 bits per heavy atom. The lowest BCUT2D eigenvalue weighted by Gasteiger charge is -2.57. The van der Waals surface area contributed by atoms with Crippen LogP contribution in [0.5, 0.6) is 0 Å². The third-order valence-electron chi connectivity index (χ3n) is 7.17. The largest absolute Gasteiger partial charge is 0.392 e. The Morgan fingerprint density at radius 2 is 2.05 bits per heavy atom. The first-order valence-electron chi connectivity index (χ1n) is 8.49. The third kappa shape index (κ3) is 1.77. The van der Waals surface area contributed by atoms with Crippen molar-refractivity contribution in [2.24, 2.45) is 22.7 Å². The van der Waals surface area contributed by atoms with Crippen molar-refractivity contribution in [1.82, 2.24) is 0 Å². The molecule has 0 unspecified atom stereocenters. The summed E-state index contributed by atoms with van der Waals surface area (Å²) in [5.41, 5.74) is 1.32. The minimum Gasteiger partial charge on any atom is -0.392 e. The normalized spacial score (nSPS) is 52.7. The molecule has 3 fully saturated rings. The van der Waals surface area contributed by atoms with E-state index in [4.69, 9.17) is 4.74 Å². The summed E-state index contributed by atoms with van der Waals surface area (Å²) in [7, 11) is 0. The number of hydrogen-bond donors (Lipinski definition) is 1. The Hall–Kier alpha value is -0.670. The lowest BCUT2D eigenvalue weighted by Crippen LogP contribution is -2.57. The molecule has 1 aliphatic heterocycles. The van der Waals surface area contributed by atoms with Gasteiger partial charge < -0.3 is 9.84 Å². The summed E-state index contributed by atoms with van der Waals surface area (Å²) in [5, 5.41) is 10.4. The standard InChI is InChI=1S/C18H26O3/c1-17-8-7-12(19)9-11(17)3-4-13-14-5-6-15(20)18(14,2)10-21-16(13)17/h9,13-16,20H,3-8,10H2,1-2H3/t13-,14-,15-,16-,17-,18-/m0/s1. The van der Waals surface area contributed by atoms with Gasteiger partial charge in [-0.25, -0.2) is 0 Å². The molecule has 0 aromatic rings. The average molecular weight is 290 g/mol. The molecule has 3 heteroatoms. The van der Waals surface area contributed by atoms with E-state index in [2.05, 4.69) is 13.8 Å². The van der Waals surface area contributed by atoms with Gasteiger partial charge in [-0.1, -0.05) is 19.4 Å². The van der Waals surface area contributed by atoms with Crippen LogP contribution in [0.2, 0.25) is 0 Å². The number of allylic oxidation sites excluding steroid dienone is 1. The van der Waals surface area contributed by atoms with Crippen LogP contribution in [0.1, 0.15) is 52.4 Å². The van der Waals surface area contributed by atoms with Crippen LogP contribution in [-0.2, 0) is 9.53 Å². The van der Waals surface area contributed by atoms with Gasteiger partial charge in [0.25, 0.3) is 0 Å². The Balaban J connectivity index is 1.69. The molecule has 0 spiro atoms. The number of carbonyl (C=O) groups excluding carboxylic acids is 1. The Morgan fingerprint density at radius 3 is 2.86 bits per heavy atom. The zero-order chi connectivity index (χ0) is 14.8. The molecule has 3 nitrogen and oxygen atoms in total. The third-order valence-corrected chi connectivity index (χ3v) is 7.17. The Bertz CT molecular complexity index is 511. The topological polar surface area (TPSA) is 46.5 Å². The molecule has 1 saturated heterocycles. The zero-order valence-electron chi connectivity index (χ0n) is 13.1. The number of aliphatic hydroxyl groups excluding tert-OH is 1. The van der Waals surface area contributed by atoms with E-state index in [9.17, 15) is 9.90 Å². The fourth-order valence-electron chi connectivity index (χ4n) is 5.74. The molecule has 1 heterocycles. The molecular formula is C18H26O3. The predicted molar refractivity (Wildman–Crippen MR) is 79.7 cm³/mol. The SMILES string of the molecule is C[C@]12CO[C@H]3[C@@H](CCC4=CC(=O)CC[C@@]43C)[C@@H]1CC[C@@H]2O. The summed E-state index contributed by atoms with van der Waals surface area (Å²) >= 11 is 0. The molecule has 21 heavy (non-hydrogen) atoms. The van der Waals surface area contributed by atoms with Gasteiger partial charge in [0.2, 0.25) is 0 Å². The van der Waals surface area contributed by atoms with E-state index in [-0.39, 0.29) is 28.8 Å². The van der Waals surface area contributed by atoms with Gasteiger partial charge in [0.1, 0.15) is 0 Å². The molecule has 0 bridgehead atoms. The van der Waals surface area contributed by atoms with Crippen molar-refractivity contribution in [3.63, 3.8) is 0 Å². The summed E-state index contributed by atoms with van der Waals surface area (Å²) in [6, 6.07) is 0. The summed E-state index contributed by atoms with van der Waals surface area (Å²) < 4.78 is 6.36. The van der Waals surface area contributed by atoms with Crippen LogP contribution >= 0.6 is 0 Å². The van der Waals surface area contributed by atoms with Crippen LogP contribution in [0.3, 0.4) is 0 Å². The first kappa shape index (κ1) is 14.0. The number of aliphatic hydroxyl groups is 1. The molecule has 1 N–H and O–H groups in total. The molecule has 116 valence electrons. The fourth-order valence-corrected chi connectivity index (χ4v) is 5.74. The Labute approximate surface area is 126 Å². The maximum Gasteiger partial charge on any atom is 0.155 e. The molecule has 0 amide bonds. The van der Waals surface area contributed by atoms with Crippen molar-refractivity contribution in [1.29, 1.82) is 0 Å². The van der Waals surface area contributed by atoms with Gasteiger partial charge in [0.05, 0.1) is 18.8 Å². The predicted octanol–water partition coefficient (Wildman–Crippen LogP) is 2.87. The van der Waals surface area contributed by atoms with E-state index >= 15 is 0 Å². The van der Waals surface area contributed by atoms with Crippen molar-refractivity contribution in [3.05, 3.63) is 11.6 Å². The minimum absolute atomic E-state index is 0.0473. The number of carbonyl (C=O) groups is 1. The van der Waals surface area contributed by atoms with Crippen LogP contribution in [0.15, 0.2) is 11.6 Å². The van der Waals surface area contributed by atoms with Gasteiger partial charge in [-0.05, 0) is 50.0 Å². The second kappa shape index (κ2) is 4.42. The lowest BCUT2D eigenvalue weighted by molar-refractivity contribution is -0.190. The number of fused-ring (bicyclic) bond motifs is 5. The summed E-state index contributed by atoms with van der Waals surface area (Å²) in [6.07, 6.45) is 7.75. The van der Waals surface area contributed by atoms with Gasteiger partial charge in [0, 0.05) is 17.3 Å². The molecule has 3 aliphatic carbocycles. The Kier molecular flexibility index (Phi) is 2.94. The first-order chi connectivity index (χ1) is 9.95. The average Bonchev–Trinajstić information content (AvgIpc) is 2.76. The highest BCUT2D eigenvalue weighted by atomic mass is 16.5. The molecule has 0 aromatic heterocycles. The first-order valence-corrected chi connectivity index (χ1v) is 8.49. The molecule has 4 aliphatic rings. The van der Waals surface area contributed by atoms with Crippen LogP contribution in [-0.4, -0.2) is 29.7 Å². The van der Waals surface area contributed by atoms with E-state index < -0.39 is 0 Å². The van der Waals surface area contributed by atoms with Crippen LogP contribution in [0.25, 0.3) is 0 Å². The molecule has 4 rings (SSSR count). The van der Waals surface area contributed by atoms with Gasteiger partial charge >= 0.3 is 0 Å². The van der Waals surface area contributed by atoms with Crippen LogP contribution < -0.4 is 0 Å². The molecule has 6 atom stereocenters. The van der Waals surface area contributed by atoms with Gasteiger partial charge in [0.15, 0.2) is 5.78 Å². The van der Waals surface area contributed by atoms with Gasteiger partial charge in [-0.3, -0.25) is 4.79 Å². The highest BCUT2D eigenvalue weighted by Gasteiger charge is 2.59. The second-order valence-electron chi connectivity index (χ2n) is 8.19. The summed E-state index contributed by atoms with van der Waals surface area (Å²) in [5.74, 6) is 1.43. The molecule has 2 saturated carbocycles. The second-order valence-corrected chi connectivity index (χ2v) is 8.19. The van der Waals surface area contributed by atoms with Crippen molar-refractivity contribution in [2.45, 2.75) is 64.6 Å². The smallest absolute Gasteiger partial charge is 0.155 e. The van der Waals surface area contributed by atoms with E-state index in [1.807, 2.05) is 6.08 Å². The number of ketones is 1. The maximum absolute atomic E-state index is 11.7. The van der Waals surface area contributed by atoms with Crippen molar-refractivity contribution >= 4 is 5.78 Å². The molecular weight excluding hydrogens is 264 g/mol. The molecule has 0 aromatic carbocycles. The lowest BCUT2D eigenvalue weighted by atomic mass is 9.55. The van der Waals surface area contributed by atoms with Crippen LogP contribution in [0.4, 0.5) is 0 Å². The quantitative estimate of drug-likeness (QED) is 0.746. The van der Waals surface area contributed by atoms with Crippen molar-refractivity contribution in [2.75, 3.05) is 6.61 Å². The highest BCUT2D eigenvalue weighted by molar-refractivity contribution is 5.91. The summed E-state index contributed by atoms with van der Waals surface area (Å²) in [4.78, 5) is 11.7. The van der Waals surface area contributed by atoms with Crippen molar-refractivity contribution in [3.8, 4) is 0 Å². The van der Waals surface area contributed by atoms with E-state index in [1.54, 1.807) is 0 Å². The fraction of sp³-hybridized carbons (Fsp3) is 0.833.